The number of carbonyl (C=O) groups excluding carboxylic acids is 1. The summed E-state index contributed by atoms with van der Waals surface area (Å²) in [7, 11) is 0. The van der Waals surface area contributed by atoms with Crippen LogP contribution in [0.3, 0.4) is 0 Å². The number of amides is 1. The van der Waals surface area contributed by atoms with Crippen LogP contribution >= 0.6 is 11.3 Å². The molecule has 2 aromatic carbocycles. The van der Waals surface area contributed by atoms with Crippen molar-refractivity contribution < 1.29 is 4.79 Å². The van der Waals surface area contributed by atoms with E-state index in [9.17, 15) is 4.79 Å². The zero-order valence-corrected chi connectivity index (χ0v) is 11.7. The number of nitrogens with zero attached hydrogens (tertiary/aromatic N) is 1. The number of rotatable bonds is 3. The number of carbonyl (C=O) groups is 1. The molecular formula is C15H13N3OS. The third kappa shape index (κ3) is 2.35. The van der Waals surface area contributed by atoms with Crippen LogP contribution in [0.4, 0.5) is 10.8 Å². The van der Waals surface area contributed by atoms with Gasteiger partial charge >= 0.3 is 0 Å². The summed E-state index contributed by atoms with van der Waals surface area (Å²) < 4.78 is 1.15. The van der Waals surface area contributed by atoms with Gasteiger partial charge in [0.25, 0.3) is 0 Å². The van der Waals surface area contributed by atoms with E-state index in [1.54, 1.807) is 23.5 Å². The van der Waals surface area contributed by atoms with Gasteiger partial charge in [-0.1, -0.05) is 23.5 Å². The summed E-state index contributed by atoms with van der Waals surface area (Å²) in [6.07, 6.45) is 0. The van der Waals surface area contributed by atoms with E-state index >= 15 is 0 Å². The minimum Gasteiger partial charge on any atom is -0.366 e. The molecule has 0 radical (unpaired) electrons. The lowest BCUT2D eigenvalue weighted by Crippen LogP contribution is -2.10. The van der Waals surface area contributed by atoms with Gasteiger partial charge < -0.3 is 11.1 Å². The van der Waals surface area contributed by atoms with Crippen molar-refractivity contribution in [1.82, 2.24) is 4.98 Å². The van der Waals surface area contributed by atoms with Crippen LogP contribution in [0.25, 0.3) is 10.2 Å². The summed E-state index contributed by atoms with van der Waals surface area (Å²) in [5.74, 6) is -0.424. The van der Waals surface area contributed by atoms with Crippen molar-refractivity contribution >= 4 is 38.3 Å². The molecule has 100 valence electrons. The van der Waals surface area contributed by atoms with Gasteiger partial charge in [-0.25, -0.2) is 4.98 Å². The molecule has 0 aliphatic heterocycles. The van der Waals surface area contributed by atoms with Crippen molar-refractivity contribution in [3.63, 3.8) is 0 Å². The fraction of sp³-hybridized carbons (Fsp3) is 0.0667. The highest BCUT2D eigenvalue weighted by molar-refractivity contribution is 7.22. The molecule has 5 heteroatoms. The number of hydrogen-bond donors (Lipinski definition) is 2. The first kappa shape index (κ1) is 12.6. The largest absolute Gasteiger partial charge is 0.366 e. The van der Waals surface area contributed by atoms with E-state index in [4.69, 9.17) is 5.73 Å². The second-order valence-corrected chi connectivity index (χ2v) is 5.54. The van der Waals surface area contributed by atoms with Crippen molar-refractivity contribution in [3.05, 3.63) is 53.6 Å². The third-order valence-corrected chi connectivity index (χ3v) is 3.98. The van der Waals surface area contributed by atoms with Crippen LogP contribution in [0.15, 0.2) is 42.5 Å². The number of primary amides is 1. The number of para-hydroxylation sites is 1. The SMILES string of the molecule is Cc1cccc2sc(Nc3ccc(C(N)=O)cc3)nc12. The molecule has 0 spiro atoms. The van der Waals surface area contributed by atoms with Gasteiger partial charge in [0, 0.05) is 11.3 Å². The molecule has 0 saturated carbocycles. The van der Waals surface area contributed by atoms with Crippen molar-refractivity contribution in [2.24, 2.45) is 5.73 Å². The van der Waals surface area contributed by atoms with Crippen LogP contribution in [-0.2, 0) is 0 Å². The Hall–Kier alpha value is -2.40. The van der Waals surface area contributed by atoms with Crippen LogP contribution in [-0.4, -0.2) is 10.9 Å². The van der Waals surface area contributed by atoms with Crippen molar-refractivity contribution in [3.8, 4) is 0 Å². The van der Waals surface area contributed by atoms with Gasteiger partial charge in [-0.05, 0) is 42.8 Å². The molecule has 3 rings (SSSR count). The number of thiazole rings is 1. The molecule has 0 fully saturated rings. The van der Waals surface area contributed by atoms with E-state index in [2.05, 4.69) is 16.4 Å². The Labute approximate surface area is 120 Å². The summed E-state index contributed by atoms with van der Waals surface area (Å²) in [5.41, 5.74) is 8.78. The molecule has 1 aromatic heterocycles. The number of aryl methyl sites for hydroxylation is 1. The van der Waals surface area contributed by atoms with Gasteiger partial charge in [0.05, 0.1) is 10.2 Å². The molecule has 1 heterocycles. The second kappa shape index (κ2) is 4.94. The van der Waals surface area contributed by atoms with Crippen LogP contribution in [0.5, 0.6) is 0 Å². The maximum Gasteiger partial charge on any atom is 0.248 e. The Morgan fingerprint density at radius 2 is 1.95 bits per heavy atom. The summed E-state index contributed by atoms with van der Waals surface area (Å²) in [6, 6.07) is 13.2. The molecule has 3 aromatic rings. The number of nitrogens with one attached hydrogen (secondary N) is 1. The molecule has 0 saturated heterocycles. The normalized spacial score (nSPS) is 10.7. The Morgan fingerprint density at radius 3 is 2.60 bits per heavy atom. The lowest BCUT2D eigenvalue weighted by molar-refractivity contribution is 0.100. The highest BCUT2D eigenvalue weighted by Crippen LogP contribution is 2.29. The quantitative estimate of drug-likeness (QED) is 0.773. The van der Waals surface area contributed by atoms with Crippen molar-refractivity contribution in [1.29, 1.82) is 0 Å². The van der Waals surface area contributed by atoms with Crippen LogP contribution < -0.4 is 11.1 Å². The van der Waals surface area contributed by atoms with E-state index in [1.807, 2.05) is 31.2 Å². The molecule has 0 aliphatic carbocycles. The molecule has 3 N–H and O–H groups in total. The molecule has 1 amide bonds. The number of aromatic nitrogens is 1. The molecule has 0 bridgehead atoms. The van der Waals surface area contributed by atoms with Gasteiger partial charge in [-0.2, -0.15) is 0 Å². The fourth-order valence-electron chi connectivity index (χ4n) is 1.98. The average molecular weight is 283 g/mol. The van der Waals surface area contributed by atoms with Gasteiger partial charge in [0.15, 0.2) is 5.13 Å². The smallest absolute Gasteiger partial charge is 0.248 e. The van der Waals surface area contributed by atoms with E-state index in [-0.39, 0.29) is 0 Å². The second-order valence-electron chi connectivity index (χ2n) is 4.51. The third-order valence-electron chi connectivity index (χ3n) is 3.04. The Balaban J connectivity index is 1.89. The predicted molar refractivity (Wildman–Crippen MR) is 82.6 cm³/mol. The Bertz CT molecular complexity index is 777. The first-order chi connectivity index (χ1) is 9.63. The zero-order chi connectivity index (χ0) is 14.1. The van der Waals surface area contributed by atoms with Gasteiger partial charge in [-0.15, -0.1) is 0 Å². The number of anilines is 2. The van der Waals surface area contributed by atoms with Gasteiger partial charge in [-0.3, -0.25) is 4.79 Å². The van der Waals surface area contributed by atoms with Crippen LogP contribution in [0, 0.1) is 6.92 Å². The lowest BCUT2D eigenvalue weighted by atomic mass is 10.2. The van der Waals surface area contributed by atoms with Crippen LogP contribution in [0.2, 0.25) is 0 Å². The number of hydrogen-bond acceptors (Lipinski definition) is 4. The summed E-state index contributed by atoms with van der Waals surface area (Å²) in [6.45, 7) is 2.05. The monoisotopic (exact) mass is 283 g/mol. The van der Waals surface area contributed by atoms with E-state index in [0.29, 0.717) is 5.56 Å². The predicted octanol–water partition coefficient (Wildman–Crippen LogP) is 3.45. The molecule has 0 atom stereocenters. The number of fused-ring (bicyclic) bond motifs is 1. The Kier molecular flexibility index (Phi) is 3.12. The molecule has 0 aliphatic rings. The van der Waals surface area contributed by atoms with Gasteiger partial charge in [0.1, 0.15) is 0 Å². The minimum atomic E-state index is -0.424. The molecule has 20 heavy (non-hydrogen) atoms. The summed E-state index contributed by atoms with van der Waals surface area (Å²) in [5, 5.41) is 4.08. The maximum absolute atomic E-state index is 11.0. The molecular weight excluding hydrogens is 270 g/mol. The standard InChI is InChI=1S/C15H13N3OS/c1-9-3-2-4-12-13(9)18-15(20-12)17-11-7-5-10(6-8-11)14(16)19/h2-8H,1H3,(H2,16,19)(H,17,18). The van der Waals surface area contributed by atoms with E-state index in [0.717, 1.165) is 26.6 Å². The van der Waals surface area contributed by atoms with Crippen molar-refractivity contribution in [2.45, 2.75) is 6.92 Å². The summed E-state index contributed by atoms with van der Waals surface area (Å²) in [4.78, 5) is 15.6. The minimum absolute atomic E-state index is 0.424. The topological polar surface area (TPSA) is 68.0 Å². The van der Waals surface area contributed by atoms with Gasteiger partial charge in [0.2, 0.25) is 5.91 Å². The average Bonchev–Trinajstić information content (AvgIpc) is 2.83. The highest BCUT2D eigenvalue weighted by atomic mass is 32.1. The highest BCUT2D eigenvalue weighted by Gasteiger charge is 2.06. The fourth-order valence-corrected chi connectivity index (χ4v) is 2.94. The first-order valence-corrected chi connectivity index (χ1v) is 6.98. The zero-order valence-electron chi connectivity index (χ0n) is 10.9. The first-order valence-electron chi connectivity index (χ1n) is 6.16. The maximum atomic E-state index is 11.0. The van der Waals surface area contributed by atoms with E-state index in [1.165, 1.54) is 0 Å². The molecule has 0 unspecified atom stereocenters. The Morgan fingerprint density at radius 1 is 1.20 bits per heavy atom. The number of benzene rings is 2. The summed E-state index contributed by atoms with van der Waals surface area (Å²) >= 11 is 1.60. The van der Waals surface area contributed by atoms with E-state index < -0.39 is 5.91 Å². The van der Waals surface area contributed by atoms with Crippen molar-refractivity contribution in [2.75, 3.05) is 5.32 Å². The molecule has 4 nitrogen and oxygen atoms in total. The van der Waals surface area contributed by atoms with Crippen LogP contribution in [0.1, 0.15) is 15.9 Å². The lowest BCUT2D eigenvalue weighted by Gasteiger charge is -2.02. The number of nitrogens with two attached hydrogens (primary N) is 1.